The molecule has 0 saturated carbocycles. The molecule has 0 radical (unpaired) electrons. The van der Waals surface area contributed by atoms with Gasteiger partial charge in [-0.05, 0) is 25.2 Å². The maximum absolute atomic E-state index is 12.1. The van der Waals surface area contributed by atoms with Gasteiger partial charge in [0, 0.05) is 38.5 Å². The molecule has 0 aromatic heterocycles. The first-order valence-corrected chi connectivity index (χ1v) is 7.19. The first-order valence-electron chi connectivity index (χ1n) is 7.19. The number of hydrogen-bond acceptors (Lipinski definition) is 3. The molecule has 2 aliphatic heterocycles. The van der Waals surface area contributed by atoms with Crippen LogP contribution in [0.1, 0.15) is 25.7 Å². The van der Waals surface area contributed by atoms with E-state index >= 15 is 0 Å². The molecule has 0 aromatic carbocycles. The zero-order valence-corrected chi connectivity index (χ0v) is 12.2. The number of amides is 3. The highest BCUT2D eigenvalue weighted by Crippen LogP contribution is 2.21. The SMILES string of the molecule is CN(CCC1CCN(C(=O)O)CC1)C(=O)C1=CNC(=O)C1. The Hall–Kier alpha value is -2.05. The van der Waals surface area contributed by atoms with Crippen molar-refractivity contribution in [2.24, 2.45) is 5.92 Å². The molecule has 2 heterocycles. The maximum Gasteiger partial charge on any atom is 0.407 e. The average Bonchev–Trinajstić information content (AvgIpc) is 2.91. The lowest BCUT2D eigenvalue weighted by Gasteiger charge is -2.31. The average molecular weight is 295 g/mol. The summed E-state index contributed by atoms with van der Waals surface area (Å²) in [5.41, 5.74) is 0.503. The van der Waals surface area contributed by atoms with Crippen molar-refractivity contribution in [2.45, 2.75) is 25.7 Å². The molecule has 1 saturated heterocycles. The van der Waals surface area contributed by atoms with Crippen molar-refractivity contribution in [3.05, 3.63) is 11.8 Å². The first kappa shape index (κ1) is 15.3. The van der Waals surface area contributed by atoms with Crippen LogP contribution in [0.15, 0.2) is 11.8 Å². The lowest BCUT2D eigenvalue weighted by atomic mass is 9.93. The minimum Gasteiger partial charge on any atom is -0.465 e. The van der Waals surface area contributed by atoms with Gasteiger partial charge >= 0.3 is 6.09 Å². The Labute approximate surface area is 123 Å². The van der Waals surface area contributed by atoms with Gasteiger partial charge in [0.25, 0.3) is 5.91 Å². The Morgan fingerprint density at radius 1 is 1.43 bits per heavy atom. The largest absolute Gasteiger partial charge is 0.465 e. The van der Waals surface area contributed by atoms with Crippen molar-refractivity contribution in [2.75, 3.05) is 26.7 Å². The Bertz CT molecular complexity index is 467. The van der Waals surface area contributed by atoms with E-state index in [-0.39, 0.29) is 18.2 Å². The molecule has 0 bridgehead atoms. The number of likely N-dealkylation sites (tertiary alicyclic amines) is 1. The second-order valence-electron chi connectivity index (χ2n) is 5.64. The van der Waals surface area contributed by atoms with Gasteiger partial charge in [-0.3, -0.25) is 9.59 Å². The van der Waals surface area contributed by atoms with E-state index < -0.39 is 6.09 Å². The Morgan fingerprint density at radius 2 is 2.10 bits per heavy atom. The molecule has 7 heteroatoms. The normalized spacial score (nSPS) is 19.2. The molecule has 0 aliphatic carbocycles. The van der Waals surface area contributed by atoms with Crippen molar-refractivity contribution in [1.29, 1.82) is 0 Å². The van der Waals surface area contributed by atoms with Crippen LogP contribution < -0.4 is 5.32 Å². The molecule has 0 atom stereocenters. The minimum absolute atomic E-state index is 0.115. The van der Waals surface area contributed by atoms with Crippen LogP contribution in [0.25, 0.3) is 0 Å². The van der Waals surface area contributed by atoms with Gasteiger partial charge in [-0.2, -0.15) is 0 Å². The number of hydrogen-bond donors (Lipinski definition) is 2. The van der Waals surface area contributed by atoms with E-state index in [4.69, 9.17) is 5.11 Å². The smallest absolute Gasteiger partial charge is 0.407 e. The Morgan fingerprint density at radius 3 is 2.62 bits per heavy atom. The van der Waals surface area contributed by atoms with E-state index in [0.29, 0.717) is 31.1 Å². The standard InChI is InChI=1S/C14H21N3O4/c1-16(13(19)11-8-12(18)15-9-11)5-2-10-3-6-17(7-4-10)14(20)21/h9-10H,2-8H2,1H3,(H,15,18)(H,20,21). The first-order chi connectivity index (χ1) is 9.97. The number of piperidine rings is 1. The van der Waals surface area contributed by atoms with Crippen LogP contribution in [0.4, 0.5) is 4.79 Å². The molecule has 1 fully saturated rings. The second kappa shape index (κ2) is 6.60. The van der Waals surface area contributed by atoms with E-state index in [1.807, 2.05) is 0 Å². The molecule has 2 N–H and O–H groups in total. The van der Waals surface area contributed by atoms with Gasteiger partial charge in [0.15, 0.2) is 0 Å². The molecule has 2 aliphatic rings. The zero-order valence-electron chi connectivity index (χ0n) is 12.2. The highest BCUT2D eigenvalue weighted by molar-refractivity contribution is 6.01. The lowest BCUT2D eigenvalue weighted by Crippen LogP contribution is -2.38. The summed E-state index contributed by atoms with van der Waals surface area (Å²) >= 11 is 0. The second-order valence-corrected chi connectivity index (χ2v) is 5.64. The molecule has 0 spiro atoms. The van der Waals surface area contributed by atoms with Crippen LogP contribution in [-0.4, -0.2) is 59.5 Å². The zero-order chi connectivity index (χ0) is 15.4. The summed E-state index contributed by atoms with van der Waals surface area (Å²) in [6.45, 7) is 1.77. The van der Waals surface area contributed by atoms with Crippen LogP contribution in [0, 0.1) is 5.92 Å². The van der Waals surface area contributed by atoms with Gasteiger partial charge in [0.2, 0.25) is 5.91 Å². The van der Waals surface area contributed by atoms with Crippen molar-refractivity contribution in [3.63, 3.8) is 0 Å². The van der Waals surface area contributed by atoms with Gasteiger partial charge < -0.3 is 20.2 Å². The fourth-order valence-electron chi connectivity index (χ4n) is 2.72. The van der Waals surface area contributed by atoms with E-state index in [2.05, 4.69) is 5.32 Å². The highest BCUT2D eigenvalue weighted by Gasteiger charge is 2.25. The highest BCUT2D eigenvalue weighted by atomic mass is 16.4. The number of nitrogens with zero attached hydrogens (tertiary/aromatic N) is 2. The van der Waals surface area contributed by atoms with Crippen molar-refractivity contribution < 1.29 is 19.5 Å². The van der Waals surface area contributed by atoms with E-state index in [9.17, 15) is 14.4 Å². The number of carbonyl (C=O) groups excluding carboxylic acids is 2. The molecular weight excluding hydrogens is 274 g/mol. The third-order valence-corrected chi connectivity index (χ3v) is 4.14. The number of rotatable bonds is 4. The molecule has 21 heavy (non-hydrogen) atoms. The van der Waals surface area contributed by atoms with E-state index in [1.54, 1.807) is 11.9 Å². The topological polar surface area (TPSA) is 89.9 Å². The van der Waals surface area contributed by atoms with Crippen molar-refractivity contribution in [1.82, 2.24) is 15.1 Å². The monoisotopic (exact) mass is 295 g/mol. The van der Waals surface area contributed by atoms with Crippen molar-refractivity contribution >= 4 is 17.9 Å². The fraction of sp³-hybridized carbons (Fsp3) is 0.643. The fourth-order valence-corrected chi connectivity index (χ4v) is 2.72. The number of likely N-dealkylation sites (N-methyl/N-ethyl adjacent to an activating group) is 1. The number of carbonyl (C=O) groups is 3. The summed E-state index contributed by atoms with van der Waals surface area (Å²) in [7, 11) is 1.73. The molecule has 7 nitrogen and oxygen atoms in total. The van der Waals surface area contributed by atoms with Crippen LogP contribution >= 0.6 is 0 Å². The molecule has 0 unspecified atom stereocenters. The van der Waals surface area contributed by atoms with Crippen LogP contribution in [0.3, 0.4) is 0 Å². The Kier molecular flexibility index (Phi) is 4.82. The molecule has 2 rings (SSSR count). The van der Waals surface area contributed by atoms with E-state index in [0.717, 1.165) is 19.3 Å². The maximum atomic E-state index is 12.1. The third-order valence-electron chi connectivity index (χ3n) is 4.14. The summed E-state index contributed by atoms with van der Waals surface area (Å²) in [6, 6.07) is 0. The van der Waals surface area contributed by atoms with Gasteiger partial charge in [-0.15, -0.1) is 0 Å². The summed E-state index contributed by atoms with van der Waals surface area (Å²) in [6.07, 6.45) is 3.33. The molecular formula is C14H21N3O4. The predicted molar refractivity (Wildman–Crippen MR) is 75.4 cm³/mol. The number of nitrogens with one attached hydrogen (secondary N) is 1. The summed E-state index contributed by atoms with van der Waals surface area (Å²) in [5.74, 6) is 0.192. The van der Waals surface area contributed by atoms with Crippen molar-refractivity contribution in [3.8, 4) is 0 Å². The summed E-state index contributed by atoms with van der Waals surface area (Å²) in [4.78, 5) is 37.1. The van der Waals surface area contributed by atoms with Crippen LogP contribution in [0.5, 0.6) is 0 Å². The van der Waals surface area contributed by atoms with Gasteiger partial charge in [0.1, 0.15) is 0 Å². The third kappa shape index (κ3) is 3.96. The lowest BCUT2D eigenvalue weighted by molar-refractivity contribution is -0.127. The predicted octanol–water partition coefficient (Wildman–Crippen LogP) is 0.629. The van der Waals surface area contributed by atoms with E-state index in [1.165, 1.54) is 11.1 Å². The van der Waals surface area contributed by atoms with Gasteiger partial charge in [-0.1, -0.05) is 0 Å². The minimum atomic E-state index is -0.855. The molecule has 116 valence electrons. The summed E-state index contributed by atoms with van der Waals surface area (Å²) < 4.78 is 0. The van der Waals surface area contributed by atoms with Gasteiger partial charge in [-0.25, -0.2) is 4.79 Å². The molecule has 0 aromatic rings. The quantitative estimate of drug-likeness (QED) is 0.796. The Balaban J connectivity index is 1.72. The van der Waals surface area contributed by atoms with Crippen LogP contribution in [-0.2, 0) is 9.59 Å². The van der Waals surface area contributed by atoms with Gasteiger partial charge in [0.05, 0.1) is 6.42 Å². The summed E-state index contributed by atoms with van der Waals surface area (Å²) in [5, 5.41) is 11.4. The molecule has 3 amide bonds. The number of carboxylic acid groups (broad SMARTS) is 1. The van der Waals surface area contributed by atoms with Crippen LogP contribution in [0.2, 0.25) is 0 Å².